The van der Waals surface area contributed by atoms with Gasteiger partial charge in [0.1, 0.15) is 0 Å². The summed E-state index contributed by atoms with van der Waals surface area (Å²) < 4.78 is 0. The SMILES string of the molecule is CCCC(/C=C\CCl)C1(O)CCN(CCC)CC1. The lowest BCUT2D eigenvalue weighted by atomic mass is 9.77. The van der Waals surface area contributed by atoms with E-state index in [0.717, 1.165) is 45.3 Å². The Kier molecular flexibility index (Phi) is 7.28. The minimum atomic E-state index is -0.511. The average Bonchev–Trinajstić information content (AvgIpc) is 2.37. The van der Waals surface area contributed by atoms with Crippen molar-refractivity contribution in [3.05, 3.63) is 12.2 Å². The normalized spacial score (nSPS) is 22.4. The molecule has 0 spiro atoms. The Labute approximate surface area is 117 Å². The quantitative estimate of drug-likeness (QED) is 0.567. The maximum atomic E-state index is 10.9. The van der Waals surface area contributed by atoms with Gasteiger partial charge in [0.2, 0.25) is 0 Å². The highest BCUT2D eigenvalue weighted by molar-refractivity contribution is 6.18. The van der Waals surface area contributed by atoms with Gasteiger partial charge in [-0.25, -0.2) is 0 Å². The molecule has 2 nitrogen and oxygen atoms in total. The molecule has 1 saturated heterocycles. The fourth-order valence-corrected chi connectivity index (χ4v) is 3.02. The standard InChI is InChI=1S/C15H28ClNO/c1-3-6-14(7-5-10-16)15(18)8-12-17(11-4-2)13-9-15/h5,7,14,18H,3-4,6,8-13H2,1-2H3/b7-5-. The van der Waals surface area contributed by atoms with Crippen LogP contribution in [0.3, 0.4) is 0 Å². The first-order chi connectivity index (χ1) is 8.66. The molecule has 0 saturated carbocycles. The molecule has 0 bridgehead atoms. The van der Waals surface area contributed by atoms with Gasteiger partial charge in [-0.3, -0.25) is 0 Å². The largest absolute Gasteiger partial charge is 0.389 e. The van der Waals surface area contributed by atoms with Crippen LogP contribution in [-0.4, -0.2) is 41.1 Å². The zero-order valence-electron chi connectivity index (χ0n) is 11.9. The first-order valence-electron chi connectivity index (χ1n) is 7.33. The molecule has 106 valence electrons. The number of alkyl halides is 1. The third-order valence-corrected chi connectivity index (χ3v) is 4.19. The van der Waals surface area contributed by atoms with Crippen LogP contribution in [0.4, 0.5) is 0 Å². The van der Waals surface area contributed by atoms with E-state index in [1.54, 1.807) is 0 Å². The highest BCUT2D eigenvalue weighted by Crippen LogP contribution is 2.33. The summed E-state index contributed by atoms with van der Waals surface area (Å²) in [5.74, 6) is 0.808. The molecule has 0 radical (unpaired) electrons. The van der Waals surface area contributed by atoms with Crippen molar-refractivity contribution in [3.63, 3.8) is 0 Å². The first-order valence-corrected chi connectivity index (χ1v) is 7.87. The Morgan fingerprint density at radius 3 is 2.44 bits per heavy atom. The predicted molar refractivity (Wildman–Crippen MR) is 79.2 cm³/mol. The van der Waals surface area contributed by atoms with E-state index in [2.05, 4.69) is 24.8 Å². The number of halogens is 1. The molecule has 0 aromatic rings. The minimum Gasteiger partial charge on any atom is -0.389 e. The van der Waals surface area contributed by atoms with Crippen molar-refractivity contribution in [2.45, 2.75) is 51.6 Å². The zero-order valence-corrected chi connectivity index (χ0v) is 12.6. The van der Waals surface area contributed by atoms with Crippen molar-refractivity contribution >= 4 is 11.6 Å². The summed E-state index contributed by atoms with van der Waals surface area (Å²) in [5, 5.41) is 10.9. The summed E-state index contributed by atoms with van der Waals surface area (Å²) in [5.41, 5.74) is -0.511. The Balaban J connectivity index is 2.58. The van der Waals surface area contributed by atoms with Gasteiger partial charge in [-0.2, -0.15) is 0 Å². The van der Waals surface area contributed by atoms with Crippen LogP contribution in [0.5, 0.6) is 0 Å². The number of likely N-dealkylation sites (tertiary alicyclic amines) is 1. The third kappa shape index (κ3) is 4.56. The summed E-state index contributed by atoms with van der Waals surface area (Å²) >= 11 is 5.72. The number of nitrogens with zero attached hydrogens (tertiary/aromatic N) is 1. The van der Waals surface area contributed by atoms with Crippen molar-refractivity contribution in [3.8, 4) is 0 Å². The van der Waals surface area contributed by atoms with Gasteiger partial charge in [-0.15, -0.1) is 11.6 Å². The smallest absolute Gasteiger partial charge is 0.0734 e. The fraction of sp³-hybridized carbons (Fsp3) is 0.867. The van der Waals surface area contributed by atoms with Crippen LogP contribution >= 0.6 is 11.6 Å². The van der Waals surface area contributed by atoms with Crippen LogP contribution in [-0.2, 0) is 0 Å². The molecule has 0 aromatic carbocycles. The van der Waals surface area contributed by atoms with E-state index in [0.29, 0.717) is 5.88 Å². The molecule has 3 heteroatoms. The summed E-state index contributed by atoms with van der Waals surface area (Å²) in [6, 6.07) is 0. The lowest BCUT2D eigenvalue weighted by Crippen LogP contribution is -2.48. The van der Waals surface area contributed by atoms with Crippen LogP contribution in [0.1, 0.15) is 46.0 Å². The molecule has 1 atom stereocenters. The first kappa shape index (κ1) is 16.0. The fourth-order valence-electron chi connectivity index (χ4n) is 2.92. The van der Waals surface area contributed by atoms with Crippen molar-refractivity contribution in [2.75, 3.05) is 25.5 Å². The van der Waals surface area contributed by atoms with Gasteiger partial charge in [0, 0.05) is 24.9 Å². The van der Waals surface area contributed by atoms with Crippen molar-refractivity contribution in [1.29, 1.82) is 0 Å². The molecule has 1 heterocycles. The monoisotopic (exact) mass is 273 g/mol. The third-order valence-electron chi connectivity index (χ3n) is 4.01. The summed E-state index contributed by atoms with van der Waals surface area (Å²) in [7, 11) is 0. The molecule has 1 aliphatic heterocycles. The van der Waals surface area contributed by atoms with E-state index in [1.165, 1.54) is 6.42 Å². The lowest BCUT2D eigenvalue weighted by Gasteiger charge is -2.42. The van der Waals surface area contributed by atoms with Crippen LogP contribution in [0.15, 0.2) is 12.2 Å². The average molecular weight is 274 g/mol. The second kappa shape index (κ2) is 8.19. The number of piperidine rings is 1. The maximum absolute atomic E-state index is 10.9. The van der Waals surface area contributed by atoms with Crippen molar-refractivity contribution in [1.82, 2.24) is 4.90 Å². The molecule has 1 aliphatic rings. The van der Waals surface area contributed by atoms with Gasteiger partial charge >= 0.3 is 0 Å². The minimum absolute atomic E-state index is 0.269. The zero-order chi connectivity index (χ0) is 13.4. The van der Waals surface area contributed by atoms with E-state index in [9.17, 15) is 5.11 Å². The number of aliphatic hydroxyl groups is 1. The second-order valence-corrected chi connectivity index (χ2v) is 5.73. The molecular weight excluding hydrogens is 246 g/mol. The Hall–Kier alpha value is -0.0500. The van der Waals surface area contributed by atoms with E-state index in [4.69, 9.17) is 11.6 Å². The van der Waals surface area contributed by atoms with Gasteiger partial charge in [0.05, 0.1) is 5.60 Å². The molecule has 0 aliphatic carbocycles. The summed E-state index contributed by atoms with van der Waals surface area (Å²) in [6.45, 7) is 7.60. The topological polar surface area (TPSA) is 23.5 Å². The van der Waals surface area contributed by atoms with Crippen LogP contribution in [0.2, 0.25) is 0 Å². The van der Waals surface area contributed by atoms with Gasteiger partial charge in [0.15, 0.2) is 0 Å². The Morgan fingerprint density at radius 2 is 1.94 bits per heavy atom. The van der Waals surface area contributed by atoms with E-state index in [-0.39, 0.29) is 5.92 Å². The van der Waals surface area contributed by atoms with Crippen LogP contribution in [0.25, 0.3) is 0 Å². The Bertz CT molecular complexity index is 247. The number of allylic oxidation sites excluding steroid dienone is 1. The summed E-state index contributed by atoms with van der Waals surface area (Å²) in [4.78, 5) is 2.46. The highest BCUT2D eigenvalue weighted by Gasteiger charge is 2.37. The molecule has 1 fully saturated rings. The molecular formula is C15H28ClNO. The van der Waals surface area contributed by atoms with Crippen molar-refractivity contribution < 1.29 is 5.11 Å². The number of hydrogen-bond donors (Lipinski definition) is 1. The molecule has 0 amide bonds. The maximum Gasteiger partial charge on any atom is 0.0734 e. The van der Waals surface area contributed by atoms with Crippen LogP contribution in [0, 0.1) is 5.92 Å². The molecule has 1 unspecified atom stereocenters. The number of hydrogen-bond acceptors (Lipinski definition) is 2. The molecule has 0 aromatic heterocycles. The van der Waals surface area contributed by atoms with E-state index < -0.39 is 5.60 Å². The predicted octanol–water partition coefficient (Wildman–Crippen LogP) is 3.43. The van der Waals surface area contributed by atoms with E-state index >= 15 is 0 Å². The van der Waals surface area contributed by atoms with Gasteiger partial charge in [-0.1, -0.05) is 32.4 Å². The summed E-state index contributed by atoms with van der Waals surface area (Å²) in [6.07, 6.45) is 9.26. The van der Waals surface area contributed by atoms with Gasteiger partial charge < -0.3 is 10.0 Å². The van der Waals surface area contributed by atoms with Crippen LogP contribution < -0.4 is 0 Å². The lowest BCUT2D eigenvalue weighted by molar-refractivity contribution is -0.0551. The molecule has 18 heavy (non-hydrogen) atoms. The number of rotatable bonds is 7. The molecule has 1 rings (SSSR count). The Morgan fingerprint density at radius 1 is 1.28 bits per heavy atom. The second-order valence-electron chi connectivity index (χ2n) is 5.42. The van der Waals surface area contributed by atoms with Gasteiger partial charge in [-0.05, 0) is 32.2 Å². The van der Waals surface area contributed by atoms with E-state index in [1.807, 2.05) is 6.08 Å². The molecule has 1 N–H and O–H groups in total. The highest BCUT2D eigenvalue weighted by atomic mass is 35.5. The van der Waals surface area contributed by atoms with Gasteiger partial charge in [0.25, 0.3) is 0 Å². The van der Waals surface area contributed by atoms with Crippen molar-refractivity contribution in [2.24, 2.45) is 5.92 Å².